The number of hydrogen-bond donors (Lipinski definition) is 1. The van der Waals surface area contributed by atoms with E-state index in [1.165, 1.54) is 32.5 Å². The highest BCUT2D eigenvalue weighted by molar-refractivity contribution is 4.70. The third kappa shape index (κ3) is 4.63. The fraction of sp³-hybridized carbons (Fsp3) is 1.00. The van der Waals surface area contributed by atoms with Crippen molar-refractivity contribution in [2.75, 3.05) is 26.2 Å². The molecule has 0 aromatic rings. The van der Waals surface area contributed by atoms with Gasteiger partial charge in [-0.05, 0) is 25.3 Å². The average molecular weight is 184 g/mol. The van der Waals surface area contributed by atoms with Gasteiger partial charge in [0.05, 0.1) is 0 Å². The second-order valence-electron chi connectivity index (χ2n) is 4.66. The monoisotopic (exact) mass is 184 g/mol. The second-order valence-corrected chi connectivity index (χ2v) is 4.66. The second kappa shape index (κ2) is 5.61. The number of rotatable bonds is 4. The first-order valence-electron chi connectivity index (χ1n) is 5.64. The Morgan fingerprint density at radius 3 is 2.85 bits per heavy atom. The Balaban J connectivity index is 2.06. The molecule has 0 radical (unpaired) electrons. The highest BCUT2D eigenvalue weighted by atomic mass is 15.1. The minimum absolute atomic E-state index is 0.627. The maximum absolute atomic E-state index is 3.47. The summed E-state index contributed by atoms with van der Waals surface area (Å²) in [4.78, 5) is 2.59. The number of piperidine rings is 1. The summed E-state index contributed by atoms with van der Waals surface area (Å²) < 4.78 is 0. The summed E-state index contributed by atoms with van der Waals surface area (Å²) in [5, 5.41) is 3.47. The Morgan fingerprint density at radius 2 is 2.23 bits per heavy atom. The highest BCUT2D eigenvalue weighted by Crippen LogP contribution is 2.14. The molecule has 0 spiro atoms. The zero-order valence-electron chi connectivity index (χ0n) is 9.34. The van der Waals surface area contributed by atoms with Crippen LogP contribution in [0.3, 0.4) is 0 Å². The van der Waals surface area contributed by atoms with Gasteiger partial charge in [-0.3, -0.25) is 0 Å². The van der Waals surface area contributed by atoms with E-state index in [1.54, 1.807) is 0 Å². The predicted molar refractivity (Wildman–Crippen MR) is 58.0 cm³/mol. The van der Waals surface area contributed by atoms with Crippen LogP contribution in [0.1, 0.15) is 33.6 Å². The third-order valence-corrected chi connectivity index (χ3v) is 2.72. The number of nitrogens with zero attached hydrogens (tertiary/aromatic N) is 1. The summed E-state index contributed by atoms with van der Waals surface area (Å²) in [5.41, 5.74) is 0. The van der Waals surface area contributed by atoms with Gasteiger partial charge in [0.2, 0.25) is 0 Å². The van der Waals surface area contributed by atoms with Crippen LogP contribution in [0.5, 0.6) is 0 Å². The van der Waals surface area contributed by atoms with Gasteiger partial charge in [-0.1, -0.05) is 20.8 Å². The van der Waals surface area contributed by atoms with Gasteiger partial charge in [-0.2, -0.15) is 0 Å². The van der Waals surface area contributed by atoms with Crippen LogP contribution in [-0.4, -0.2) is 37.1 Å². The first kappa shape index (κ1) is 11.0. The lowest BCUT2D eigenvalue weighted by Crippen LogP contribution is -2.40. The highest BCUT2D eigenvalue weighted by Gasteiger charge is 2.15. The first-order chi connectivity index (χ1) is 6.18. The first-order valence-corrected chi connectivity index (χ1v) is 5.64. The molecule has 0 aromatic carbocycles. The molecule has 1 aliphatic heterocycles. The molecular weight excluding hydrogens is 160 g/mol. The molecule has 0 saturated carbocycles. The van der Waals surface area contributed by atoms with Gasteiger partial charge >= 0.3 is 0 Å². The van der Waals surface area contributed by atoms with E-state index in [2.05, 4.69) is 31.0 Å². The zero-order chi connectivity index (χ0) is 9.68. The minimum Gasteiger partial charge on any atom is -0.313 e. The molecule has 2 nitrogen and oxygen atoms in total. The van der Waals surface area contributed by atoms with Gasteiger partial charge in [0.15, 0.2) is 0 Å². The molecule has 78 valence electrons. The smallest absolute Gasteiger partial charge is 0.0107 e. The van der Waals surface area contributed by atoms with Gasteiger partial charge in [-0.15, -0.1) is 0 Å². The van der Waals surface area contributed by atoms with Gasteiger partial charge in [0.1, 0.15) is 0 Å². The van der Waals surface area contributed by atoms with Crippen molar-refractivity contribution in [3.05, 3.63) is 0 Å². The Bertz CT molecular complexity index is 134. The molecule has 13 heavy (non-hydrogen) atoms. The van der Waals surface area contributed by atoms with Crippen LogP contribution >= 0.6 is 0 Å². The third-order valence-electron chi connectivity index (χ3n) is 2.72. The van der Waals surface area contributed by atoms with E-state index in [0.717, 1.165) is 12.5 Å². The van der Waals surface area contributed by atoms with Gasteiger partial charge in [0.25, 0.3) is 0 Å². The molecule has 1 N–H and O–H groups in total. The van der Waals surface area contributed by atoms with Crippen molar-refractivity contribution >= 4 is 0 Å². The standard InChI is InChI=1S/C11H24N2/c1-10(2)12-6-8-13-7-4-5-11(3)9-13/h10-12H,4-9H2,1-3H3/t11-/m0/s1. The summed E-state index contributed by atoms with van der Waals surface area (Å²) in [5.74, 6) is 0.910. The van der Waals surface area contributed by atoms with E-state index in [-0.39, 0.29) is 0 Å². The molecule has 0 bridgehead atoms. The van der Waals surface area contributed by atoms with E-state index >= 15 is 0 Å². The minimum atomic E-state index is 0.627. The maximum Gasteiger partial charge on any atom is 0.0107 e. The van der Waals surface area contributed by atoms with Crippen molar-refractivity contribution in [3.63, 3.8) is 0 Å². The molecule has 0 aliphatic carbocycles. The maximum atomic E-state index is 3.47. The van der Waals surface area contributed by atoms with Crippen LogP contribution in [0.4, 0.5) is 0 Å². The van der Waals surface area contributed by atoms with Crippen LogP contribution in [0.15, 0.2) is 0 Å². The largest absolute Gasteiger partial charge is 0.313 e. The number of hydrogen-bond acceptors (Lipinski definition) is 2. The van der Waals surface area contributed by atoms with Crippen LogP contribution in [0.25, 0.3) is 0 Å². The van der Waals surface area contributed by atoms with Crippen molar-refractivity contribution in [2.45, 2.75) is 39.7 Å². The molecule has 1 heterocycles. The molecule has 2 heteroatoms. The summed E-state index contributed by atoms with van der Waals surface area (Å²) >= 11 is 0. The summed E-state index contributed by atoms with van der Waals surface area (Å²) in [6.07, 6.45) is 2.82. The van der Waals surface area contributed by atoms with E-state index in [9.17, 15) is 0 Å². The lowest BCUT2D eigenvalue weighted by molar-refractivity contribution is 0.183. The van der Waals surface area contributed by atoms with Crippen LogP contribution in [0, 0.1) is 5.92 Å². The zero-order valence-corrected chi connectivity index (χ0v) is 9.34. The lowest BCUT2D eigenvalue weighted by atomic mass is 10.0. The Kier molecular flexibility index (Phi) is 4.74. The SMILES string of the molecule is CC(C)NCCN1CCC[C@H](C)C1. The van der Waals surface area contributed by atoms with Crippen molar-refractivity contribution in [1.29, 1.82) is 0 Å². The molecular formula is C11H24N2. The molecule has 0 aromatic heterocycles. The summed E-state index contributed by atoms with van der Waals surface area (Å²) in [7, 11) is 0. The quantitative estimate of drug-likeness (QED) is 0.715. The van der Waals surface area contributed by atoms with Gasteiger partial charge in [0, 0.05) is 25.7 Å². The van der Waals surface area contributed by atoms with E-state index in [0.29, 0.717) is 6.04 Å². The molecule has 1 atom stereocenters. The molecule has 0 unspecified atom stereocenters. The number of likely N-dealkylation sites (tertiary alicyclic amines) is 1. The fourth-order valence-corrected chi connectivity index (χ4v) is 2.00. The van der Waals surface area contributed by atoms with Crippen LogP contribution in [-0.2, 0) is 0 Å². The Morgan fingerprint density at radius 1 is 1.46 bits per heavy atom. The molecule has 1 fully saturated rings. The lowest BCUT2D eigenvalue weighted by Gasteiger charge is -2.31. The van der Waals surface area contributed by atoms with Crippen molar-refractivity contribution < 1.29 is 0 Å². The Hall–Kier alpha value is -0.0800. The molecule has 1 rings (SSSR count). The van der Waals surface area contributed by atoms with Crippen LogP contribution < -0.4 is 5.32 Å². The normalized spacial score (nSPS) is 25.4. The van der Waals surface area contributed by atoms with Gasteiger partial charge < -0.3 is 10.2 Å². The fourth-order valence-electron chi connectivity index (χ4n) is 2.00. The summed E-state index contributed by atoms with van der Waals surface area (Å²) in [6.45, 7) is 11.8. The van der Waals surface area contributed by atoms with Crippen molar-refractivity contribution in [2.24, 2.45) is 5.92 Å². The topological polar surface area (TPSA) is 15.3 Å². The van der Waals surface area contributed by atoms with E-state index in [4.69, 9.17) is 0 Å². The van der Waals surface area contributed by atoms with Crippen molar-refractivity contribution in [1.82, 2.24) is 10.2 Å². The van der Waals surface area contributed by atoms with E-state index < -0.39 is 0 Å². The number of nitrogens with one attached hydrogen (secondary N) is 1. The van der Waals surface area contributed by atoms with E-state index in [1.807, 2.05) is 0 Å². The summed E-state index contributed by atoms with van der Waals surface area (Å²) in [6, 6.07) is 0.627. The predicted octanol–water partition coefficient (Wildman–Crippen LogP) is 1.72. The average Bonchev–Trinajstić information content (AvgIpc) is 2.03. The molecule has 1 saturated heterocycles. The van der Waals surface area contributed by atoms with Crippen LogP contribution in [0.2, 0.25) is 0 Å². The van der Waals surface area contributed by atoms with Gasteiger partial charge in [-0.25, -0.2) is 0 Å². The molecule has 0 amide bonds. The Labute approximate surface area is 82.7 Å². The molecule has 1 aliphatic rings. The van der Waals surface area contributed by atoms with Crippen molar-refractivity contribution in [3.8, 4) is 0 Å².